The lowest BCUT2D eigenvalue weighted by Gasteiger charge is -2.22. The average molecular weight is 227 g/mol. The summed E-state index contributed by atoms with van der Waals surface area (Å²) in [6, 6.07) is 0.291. The van der Waals surface area contributed by atoms with Gasteiger partial charge < -0.3 is 16.3 Å². The molecular formula is C12H25N3O. The fourth-order valence-corrected chi connectivity index (χ4v) is 2.44. The van der Waals surface area contributed by atoms with E-state index < -0.39 is 0 Å². The van der Waals surface area contributed by atoms with Crippen molar-refractivity contribution < 1.29 is 5.21 Å². The lowest BCUT2D eigenvalue weighted by Crippen LogP contribution is -2.32. The van der Waals surface area contributed by atoms with Gasteiger partial charge in [0, 0.05) is 12.5 Å². The third kappa shape index (κ3) is 5.35. The predicted octanol–water partition coefficient (Wildman–Crippen LogP) is 2.07. The van der Waals surface area contributed by atoms with E-state index in [0.717, 1.165) is 12.5 Å². The van der Waals surface area contributed by atoms with Crippen molar-refractivity contribution in [3.05, 3.63) is 0 Å². The Hall–Kier alpha value is -0.770. The number of hydrogen-bond donors (Lipinski definition) is 3. The Morgan fingerprint density at radius 1 is 1.44 bits per heavy atom. The molecule has 1 atom stereocenters. The van der Waals surface area contributed by atoms with Crippen LogP contribution in [0, 0.1) is 5.92 Å². The highest BCUT2D eigenvalue weighted by Gasteiger charge is 2.13. The molecule has 0 aromatic rings. The SMILES string of the molecule is CC(CC(N)=NO)NCCC1CCCCC1. The quantitative estimate of drug-likeness (QED) is 0.281. The summed E-state index contributed by atoms with van der Waals surface area (Å²) in [5.74, 6) is 1.22. The van der Waals surface area contributed by atoms with Crippen molar-refractivity contribution in [2.75, 3.05) is 6.54 Å². The molecule has 0 heterocycles. The molecule has 4 heteroatoms. The molecule has 1 fully saturated rings. The molecule has 1 rings (SSSR count). The number of oxime groups is 1. The third-order valence-electron chi connectivity index (χ3n) is 3.41. The summed E-state index contributed by atoms with van der Waals surface area (Å²) in [7, 11) is 0. The van der Waals surface area contributed by atoms with Crippen LogP contribution in [0.1, 0.15) is 51.9 Å². The summed E-state index contributed by atoms with van der Waals surface area (Å²) < 4.78 is 0. The number of nitrogens with two attached hydrogens (primary N) is 1. The van der Waals surface area contributed by atoms with Gasteiger partial charge in [-0.2, -0.15) is 0 Å². The van der Waals surface area contributed by atoms with Gasteiger partial charge in [0.05, 0.1) is 0 Å². The summed E-state index contributed by atoms with van der Waals surface area (Å²) >= 11 is 0. The first-order valence-electron chi connectivity index (χ1n) is 6.42. The Bertz CT molecular complexity index is 212. The molecule has 1 unspecified atom stereocenters. The van der Waals surface area contributed by atoms with Crippen LogP contribution in [0.2, 0.25) is 0 Å². The second-order valence-electron chi connectivity index (χ2n) is 4.94. The molecule has 4 nitrogen and oxygen atoms in total. The first kappa shape index (κ1) is 13.3. The monoisotopic (exact) mass is 227 g/mol. The maximum Gasteiger partial charge on any atom is 0.140 e. The van der Waals surface area contributed by atoms with Crippen LogP contribution in [0.5, 0.6) is 0 Å². The number of rotatable bonds is 6. The van der Waals surface area contributed by atoms with Crippen molar-refractivity contribution in [1.29, 1.82) is 0 Å². The minimum absolute atomic E-state index is 0.291. The van der Waals surface area contributed by atoms with Crippen molar-refractivity contribution in [1.82, 2.24) is 5.32 Å². The van der Waals surface area contributed by atoms with Gasteiger partial charge in [-0.15, -0.1) is 0 Å². The van der Waals surface area contributed by atoms with Crippen LogP contribution in [-0.2, 0) is 0 Å². The standard InChI is InChI=1S/C12H25N3O/c1-10(9-12(13)15-16)14-8-7-11-5-3-2-4-6-11/h10-11,14,16H,2-9H2,1H3,(H2,13,15). The van der Waals surface area contributed by atoms with E-state index in [1.165, 1.54) is 38.5 Å². The van der Waals surface area contributed by atoms with E-state index in [-0.39, 0.29) is 0 Å². The van der Waals surface area contributed by atoms with Gasteiger partial charge in [-0.3, -0.25) is 0 Å². The highest BCUT2D eigenvalue weighted by atomic mass is 16.4. The molecule has 4 N–H and O–H groups in total. The van der Waals surface area contributed by atoms with Gasteiger partial charge in [0.25, 0.3) is 0 Å². The molecule has 0 spiro atoms. The lowest BCUT2D eigenvalue weighted by molar-refractivity contribution is 0.314. The molecule has 94 valence electrons. The first-order valence-corrected chi connectivity index (χ1v) is 6.42. The molecule has 0 saturated heterocycles. The van der Waals surface area contributed by atoms with Gasteiger partial charge >= 0.3 is 0 Å². The molecule has 0 aromatic heterocycles. The molecule has 0 amide bonds. The zero-order valence-corrected chi connectivity index (χ0v) is 10.3. The Kier molecular flexibility index (Phi) is 6.23. The topological polar surface area (TPSA) is 70.6 Å². The molecule has 1 aliphatic rings. The summed E-state index contributed by atoms with van der Waals surface area (Å²) in [4.78, 5) is 0. The minimum Gasteiger partial charge on any atom is -0.409 e. The first-order chi connectivity index (χ1) is 7.72. The van der Waals surface area contributed by atoms with Crippen molar-refractivity contribution in [3.8, 4) is 0 Å². The Morgan fingerprint density at radius 3 is 2.75 bits per heavy atom. The maximum atomic E-state index is 8.45. The average Bonchev–Trinajstić information content (AvgIpc) is 2.30. The molecule has 0 bridgehead atoms. The van der Waals surface area contributed by atoms with Crippen LogP contribution < -0.4 is 11.1 Å². The van der Waals surface area contributed by atoms with E-state index in [2.05, 4.69) is 17.4 Å². The predicted molar refractivity (Wildman–Crippen MR) is 66.7 cm³/mol. The molecule has 0 aromatic carbocycles. The Morgan fingerprint density at radius 2 is 2.12 bits per heavy atom. The zero-order chi connectivity index (χ0) is 11.8. The van der Waals surface area contributed by atoms with Crippen LogP contribution in [0.4, 0.5) is 0 Å². The van der Waals surface area contributed by atoms with Crippen molar-refractivity contribution in [2.45, 2.75) is 57.9 Å². The van der Waals surface area contributed by atoms with Crippen molar-refractivity contribution in [2.24, 2.45) is 16.8 Å². The van der Waals surface area contributed by atoms with Crippen molar-refractivity contribution in [3.63, 3.8) is 0 Å². The van der Waals surface area contributed by atoms with Gasteiger partial charge in [-0.25, -0.2) is 0 Å². The van der Waals surface area contributed by atoms with Crippen LogP contribution >= 0.6 is 0 Å². The molecule has 1 saturated carbocycles. The highest BCUT2D eigenvalue weighted by molar-refractivity contribution is 5.80. The summed E-state index contributed by atoms with van der Waals surface area (Å²) in [5, 5.41) is 14.9. The van der Waals surface area contributed by atoms with Gasteiger partial charge in [-0.05, 0) is 25.8 Å². The van der Waals surface area contributed by atoms with Gasteiger partial charge in [-0.1, -0.05) is 37.3 Å². The van der Waals surface area contributed by atoms with Crippen LogP contribution in [-0.4, -0.2) is 23.6 Å². The normalized spacial score (nSPS) is 20.9. The number of nitrogens with zero attached hydrogens (tertiary/aromatic N) is 1. The summed E-state index contributed by atoms with van der Waals surface area (Å²) in [6.07, 6.45) is 8.91. The van der Waals surface area contributed by atoms with Crippen LogP contribution in [0.15, 0.2) is 5.16 Å². The van der Waals surface area contributed by atoms with Gasteiger partial charge in [0.15, 0.2) is 0 Å². The molecule has 0 aliphatic heterocycles. The summed E-state index contributed by atoms with van der Waals surface area (Å²) in [6.45, 7) is 3.11. The van der Waals surface area contributed by atoms with E-state index in [9.17, 15) is 0 Å². The van der Waals surface area contributed by atoms with E-state index in [1.54, 1.807) is 0 Å². The Labute approximate surface area is 98.3 Å². The maximum absolute atomic E-state index is 8.45. The second-order valence-corrected chi connectivity index (χ2v) is 4.94. The fraction of sp³-hybridized carbons (Fsp3) is 0.917. The smallest absolute Gasteiger partial charge is 0.140 e. The zero-order valence-electron chi connectivity index (χ0n) is 10.3. The number of amidine groups is 1. The summed E-state index contributed by atoms with van der Waals surface area (Å²) in [5.41, 5.74) is 5.45. The fourth-order valence-electron chi connectivity index (χ4n) is 2.44. The largest absolute Gasteiger partial charge is 0.409 e. The van der Waals surface area contributed by atoms with Crippen molar-refractivity contribution >= 4 is 5.84 Å². The van der Waals surface area contributed by atoms with Gasteiger partial charge in [0.2, 0.25) is 0 Å². The van der Waals surface area contributed by atoms with E-state index in [4.69, 9.17) is 10.9 Å². The number of hydrogen-bond acceptors (Lipinski definition) is 3. The van der Waals surface area contributed by atoms with Crippen LogP contribution in [0.3, 0.4) is 0 Å². The molecule has 1 aliphatic carbocycles. The second kappa shape index (κ2) is 7.49. The van der Waals surface area contributed by atoms with E-state index in [0.29, 0.717) is 18.3 Å². The molecular weight excluding hydrogens is 202 g/mol. The van der Waals surface area contributed by atoms with Gasteiger partial charge in [0.1, 0.15) is 5.84 Å². The Balaban J connectivity index is 2.05. The molecule has 0 radical (unpaired) electrons. The third-order valence-corrected chi connectivity index (χ3v) is 3.41. The molecule has 16 heavy (non-hydrogen) atoms. The lowest BCUT2D eigenvalue weighted by atomic mass is 9.87. The highest BCUT2D eigenvalue weighted by Crippen LogP contribution is 2.25. The number of nitrogens with one attached hydrogen (secondary N) is 1. The minimum atomic E-state index is 0.291. The van der Waals surface area contributed by atoms with Crippen LogP contribution in [0.25, 0.3) is 0 Å². The van der Waals surface area contributed by atoms with E-state index >= 15 is 0 Å². The van der Waals surface area contributed by atoms with E-state index in [1.807, 2.05) is 0 Å².